The number of ketones is 1. The van der Waals surface area contributed by atoms with Crippen molar-refractivity contribution in [3.8, 4) is 5.75 Å². The molecule has 2 heteroatoms. The number of ether oxygens (including phenoxy) is 1. The van der Waals surface area contributed by atoms with E-state index in [-0.39, 0.29) is 11.9 Å². The van der Waals surface area contributed by atoms with Crippen molar-refractivity contribution in [1.29, 1.82) is 0 Å². The first-order valence-corrected chi connectivity index (χ1v) is 6.10. The van der Waals surface area contributed by atoms with E-state index < -0.39 is 0 Å². The van der Waals surface area contributed by atoms with Gasteiger partial charge in [-0.15, -0.1) is 0 Å². The quantitative estimate of drug-likeness (QED) is 0.774. The van der Waals surface area contributed by atoms with Gasteiger partial charge in [0, 0.05) is 0 Å². The standard InChI is InChI=1S/C14H18O2/c1-3-5-10-7-8-12-11(9-10)14(15)13(16-12)6-4-2/h7-9,13H,3-6H2,1-2H3. The second-order valence-electron chi connectivity index (χ2n) is 4.34. The largest absolute Gasteiger partial charge is 0.482 e. The summed E-state index contributed by atoms with van der Waals surface area (Å²) < 4.78 is 5.64. The number of hydrogen-bond acceptors (Lipinski definition) is 2. The van der Waals surface area contributed by atoms with Gasteiger partial charge in [0.1, 0.15) is 5.75 Å². The van der Waals surface area contributed by atoms with Gasteiger partial charge in [-0.1, -0.05) is 32.8 Å². The smallest absolute Gasteiger partial charge is 0.207 e. The number of carbonyl (C=O) groups excluding carboxylic acids is 1. The monoisotopic (exact) mass is 218 g/mol. The van der Waals surface area contributed by atoms with Crippen LogP contribution in [0.4, 0.5) is 0 Å². The van der Waals surface area contributed by atoms with Crippen molar-refractivity contribution in [2.45, 2.75) is 45.6 Å². The zero-order valence-electron chi connectivity index (χ0n) is 9.95. The number of Topliss-reactive ketones (excluding diaryl/α,β-unsaturated/α-hetero) is 1. The van der Waals surface area contributed by atoms with Gasteiger partial charge in [-0.05, 0) is 30.5 Å². The Morgan fingerprint density at radius 2 is 2.06 bits per heavy atom. The van der Waals surface area contributed by atoms with E-state index in [0.29, 0.717) is 0 Å². The fourth-order valence-electron chi connectivity index (χ4n) is 2.15. The van der Waals surface area contributed by atoms with Crippen molar-refractivity contribution in [1.82, 2.24) is 0 Å². The minimum Gasteiger partial charge on any atom is -0.482 e. The van der Waals surface area contributed by atoms with E-state index in [1.54, 1.807) is 0 Å². The van der Waals surface area contributed by atoms with Gasteiger partial charge in [0.15, 0.2) is 6.10 Å². The van der Waals surface area contributed by atoms with Crippen LogP contribution in [0.5, 0.6) is 5.75 Å². The predicted molar refractivity (Wildman–Crippen MR) is 64.1 cm³/mol. The summed E-state index contributed by atoms with van der Waals surface area (Å²) in [7, 11) is 0. The minimum atomic E-state index is -0.239. The fraction of sp³-hybridized carbons (Fsp3) is 0.500. The Labute approximate surface area is 96.6 Å². The Bertz CT molecular complexity index is 396. The van der Waals surface area contributed by atoms with Crippen LogP contribution in [0.1, 0.15) is 49.0 Å². The lowest BCUT2D eigenvalue weighted by Gasteiger charge is -2.06. The molecular weight excluding hydrogens is 200 g/mol. The first-order chi connectivity index (χ1) is 7.76. The third-order valence-electron chi connectivity index (χ3n) is 2.96. The van der Waals surface area contributed by atoms with E-state index >= 15 is 0 Å². The molecule has 0 N–H and O–H groups in total. The highest BCUT2D eigenvalue weighted by molar-refractivity contribution is 6.04. The molecule has 1 unspecified atom stereocenters. The van der Waals surface area contributed by atoms with Crippen LogP contribution in [0.2, 0.25) is 0 Å². The normalized spacial score (nSPS) is 18.4. The van der Waals surface area contributed by atoms with Crippen molar-refractivity contribution in [2.24, 2.45) is 0 Å². The van der Waals surface area contributed by atoms with Gasteiger partial charge in [0.2, 0.25) is 5.78 Å². The van der Waals surface area contributed by atoms with Gasteiger partial charge >= 0.3 is 0 Å². The number of carbonyl (C=O) groups is 1. The summed E-state index contributed by atoms with van der Waals surface area (Å²) in [5.41, 5.74) is 2.01. The van der Waals surface area contributed by atoms with Crippen molar-refractivity contribution in [3.63, 3.8) is 0 Å². The molecule has 0 amide bonds. The highest BCUT2D eigenvalue weighted by Crippen LogP contribution is 2.31. The maximum absolute atomic E-state index is 12.0. The Kier molecular flexibility index (Phi) is 3.28. The van der Waals surface area contributed by atoms with Gasteiger partial charge in [-0.2, -0.15) is 0 Å². The lowest BCUT2D eigenvalue weighted by atomic mass is 10.0. The Hall–Kier alpha value is -1.31. The zero-order chi connectivity index (χ0) is 11.5. The summed E-state index contributed by atoms with van der Waals surface area (Å²) in [5, 5.41) is 0. The van der Waals surface area contributed by atoms with Gasteiger partial charge < -0.3 is 4.74 Å². The molecule has 0 bridgehead atoms. The summed E-state index contributed by atoms with van der Waals surface area (Å²) in [4.78, 5) is 12.0. The third kappa shape index (κ3) is 1.97. The molecule has 1 aliphatic heterocycles. The first-order valence-electron chi connectivity index (χ1n) is 6.10. The van der Waals surface area contributed by atoms with Crippen molar-refractivity contribution < 1.29 is 9.53 Å². The Morgan fingerprint density at radius 1 is 1.25 bits per heavy atom. The SMILES string of the molecule is CCCc1ccc2c(c1)C(=O)C(CCC)O2. The molecule has 1 aliphatic rings. The number of rotatable bonds is 4. The van der Waals surface area contributed by atoms with Gasteiger partial charge in [0.25, 0.3) is 0 Å². The first kappa shape index (κ1) is 11.2. The molecule has 86 valence electrons. The average molecular weight is 218 g/mol. The predicted octanol–water partition coefficient (Wildman–Crippen LogP) is 3.38. The van der Waals surface area contributed by atoms with Crippen molar-refractivity contribution in [3.05, 3.63) is 29.3 Å². The number of aryl methyl sites for hydroxylation is 1. The summed E-state index contributed by atoms with van der Waals surface area (Å²) in [6, 6.07) is 5.99. The molecule has 2 rings (SSSR count). The maximum Gasteiger partial charge on any atom is 0.207 e. The fourth-order valence-corrected chi connectivity index (χ4v) is 2.15. The van der Waals surface area contributed by atoms with Crippen LogP contribution in [-0.2, 0) is 6.42 Å². The Morgan fingerprint density at radius 3 is 2.75 bits per heavy atom. The zero-order valence-corrected chi connectivity index (χ0v) is 9.95. The second kappa shape index (κ2) is 4.69. The van der Waals surface area contributed by atoms with Crippen LogP contribution in [0.15, 0.2) is 18.2 Å². The van der Waals surface area contributed by atoms with Gasteiger partial charge in [-0.3, -0.25) is 4.79 Å². The third-order valence-corrected chi connectivity index (χ3v) is 2.96. The Balaban J connectivity index is 2.23. The molecular formula is C14H18O2. The van der Waals surface area contributed by atoms with Crippen molar-refractivity contribution in [2.75, 3.05) is 0 Å². The number of hydrogen-bond donors (Lipinski definition) is 0. The molecule has 1 heterocycles. The van der Waals surface area contributed by atoms with E-state index in [1.165, 1.54) is 5.56 Å². The molecule has 0 radical (unpaired) electrons. The molecule has 0 aliphatic carbocycles. The van der Waals surface area contributed by atoms with Crippen molar-refractivity contribution >= 4 is 5.78 Å². The average Bonchev–Trinajstić information content (AvgIpc) is 2.58. The molecule has 0 fully saturated rings. The van der Waals surface area contributed by atoms with Crippen LogP contribution in [0, 0.1) is 0 Å². The van der Waals surface area contributed by atoms with Crippen LogP contribution >= 0.6 is 0 Å². The molecule has 0 saturated heterocycles. The van der Waals surface area contributed by atoms with E-state index in [1.807, 2.05) is 12.1 Å². The molecule has 0 spiro atoms. The summed E-state index contributed by atoms with van der Waals surface area (Å²) >= 11 is 0. The van der Waals surface area contributed by atoms with E-state index in [9.17, 15) is 4.79 Å². The highest BCUT2D eigenvalue weighted by atomic mass is 16.5. The molecule has 1 atom stereocenters. The van der Waals surface area contributed by atoms with E-state index in [4.69, 9.17) is 4.74 Å². The summed E-state index contributed by atoms with van der Waals surface area (Å²) in [6.45, 7) is 4.22. The molecule has 0 saturated carbocycles. The molecule has 16 heavy (non-hydrogen) atoms. The molecule has 2 nitrogen and oxygen atoms in total. The summed E-state index contributed by atoms with van der Waals surface area (Å²) in [5.74, 6) is 0.929. The molecule has 1 aromatic carbocycles. The lowest BCUT2D eigenvalue weighted by molar-refractivity contribution is 0.0845. The molecule has 1 aromatic rings. The number of benzene rings is 1. The van der Waals surface area contributed by atoms with E-state index in [0.717, 1.165) is 37.0 Å². The number of fused-ring (bicyclic) bond motifs is 1. The van der Waals surface area contributed by atoms with Crippen LogP contribution < -0.4 is 4.74 Å². The van der Waals surface area contributed by atoms with Crippen LogP contribution in [0.3, 0.4) is 0 Å². The van der Waals surface area contributed by atoms with Gasteiger partial charge in [-0.25, -0.2) is 0 Å². The minimum absolute atomic E-state index is 0.162. The maximum atomic E-state index is 12.0. The topological polar surface area (TPSA) is 26.3 Å². The lowest BCUT2D eigenvalue weighted by Crippen LogP contribution is -2.19. The van der Waals surface area contributed by atoms with Gasteiger partial charge in [0.05, 0.1) is 5.56 Å². The van der Waals surface area contributed by atoms with Crippen LogP contribution in [-0.4, -0.2) is 11.9 Å². The van der Waals surface area contributed by atoms with E-state index in [2.05, 4.69) is 19.9 Å². The van der Waals surface area contributed by atoms with Crippen LogP contribution in [0.25, 0.3) is 0 Å². The summed E-state index contributed by atoms with van der Waals surface area (Å²) in [6.07, 6.45) is 3.69. The second-order valence-corrected chi connectivity index (χ2v) is 4.34. The molecule has 0 aromatic heterocycles. The highest BCUT2D eigenvalue weighted by Gasteiger charge is 2.31.